The average Bonchev–Trinajstić information content (AvgIpc) is 3.02. The highest BCUT2D eigenvalue weighted by molar-refractivity contribution is 5.16. The molecule has 0 aliphatic rings. The van der Waals surface area contributed by atoms with Crippen molar-refractivity contribution in [3.05, 3.63) is 41.1 Å². The quantitative estimate of drug-likeness (QED) is 0.616. The van der Waals surface area contributed by atoms with Gasteiger partial charge in [-0.2, -0.15) is 5.10 Å². The van der Waals surface area contributed by atoms with Crippen LogP contribution in [-0.4, -0.2) is 9.78 Å². The molecule has 2 heterocycles. The Kier molecular flexibility index (Phi) is 4.39. The first-order valence-corrected chi connectivity index (χ1v) is 6.74. The minimum absolute atomic E-state index is 0.0274. The molecule has 0 fully saturated rings. The molecule has 0 aliphatic carbocycles. The topological polar surface area (TPSA) is 69.0 Å². The van der Waals surface area contributed by atoms with Crippen molar-refractivity contribution >= 4 is 0 Å². The second-order valence-electron chi connectivity index (χ2n) is 4.69. The molecule has 1 unspecified atom stereocenters. The fourth-order valence-electron chi connectivity index (χ4n) is 2.16. The number of rotatable bonds is 6. The van der Waals surface area contributed by atoms with Crippen molar-refractivity contribution in [1.29, 1.82) is 0 Å². The molecule has 0 aliphatic heterocycles. The van der Waals surface area contributed by atoms with E-state index in [-0.39, 0.29) is 6.04 Å². The zero-order chi connectivity index (χ0) is 13.8. The van der Waals surface area contributed by atoms with Crippen LogP contribution in [0.25, 0.3) is 0 Å². The SMILES string of the molecule is CCc1cc(CC(NN)c2ccc(CC)o2)n(C)n1. The van der Waals surface area contributed by atoms with Crippen LogP contribution in [0.3, 0.4) is 0 Å². The third-order valence-electron chi connectivity index (χ3n) is 3.38. The fourth-order valence-corrected chi connectivity index (χ4v) is 2.16. The van der Waals surface area contributed by atoms with Crippen molar-refractivity contribution in [1.82, 2.24) is 15.2 Å². The monoisotopic (exact) mass is 262 g/mol. The van der Waals surface area contributed by atoms with Crippen LogP contribution in [0, 0.1) is 0 Å². The molecule has 0 saturated carbocycles. The molecule has 104 valence electrons. The molecular formula is C14H22N4O. The van der Waals surface area contributed by atoms with Gasteiger partial charge >= 0.3 is 0 Å². The van der Waals surface area contributed by atoms with E-state index in [1.54, 1.807) is 0 Å². The molecule has 3 N–H and O–H groups in total. The number of hydrogen-bond acceptors (Lipinski definition) is 4. The largest absolute Gasteiger partial charge is 0.464 e. The zero-order valence-corrected chi connectivity index (χ0v) is 11.8. The van der Waals surface area contributed by atoms with Crippen LogP contribution in [0.2, 0.25) is 0 Å². The summed E-state index contributed by atoms with van der Waals surface area (Å²) in [4.78, 5) is 0. The van der Waals surface area contributed by atoms with Crippen molar-refractivity contribution in [2.75, 3.05) is 0 Å². The van der Waals surface area contributed by atoms with Crippen LogP contribution in [0.1, 0.15) is 42.8 Å². The molecule has 0 bridgehead atoms. The molecule has 1 atom stereocenters. The molecule has 2 aromatic rings. The molecular weight excluding hydrogens is 240 g/mol. The van der Waals surface area contributed by atoms with Crippen molar-refractivity contribution in [3.8, 4) is 0 Å². The number of aromatic nitrogens is 2. The van der Waals surface area contributed by atoms with Gasteiger partial charge in [-0.25, -0.2) is 5.43 Å². The van der Waals surface area contributed by atoms with Crippen LogP contribution in [-0.2, 0) is 26.3 Å². The van der Waals surface area contributed by atoms with Crippen LogP contribution < -0.4 is 11.3 Å². The molecule has 0 spiro atoms. The molecule has 19 heavy (non-hydrogen) atoms. The summed E-state index contributed by atoms with van der Waals surface area (Å²) >= 11 is 0. The van der Waals surface area contributed by atoms with E-state index in [4.69, 9.17) is 10.3 Å². The second-order valence-corrected chi connectivity index (χ2v) is 4.69. The molecule has 5 nitrogen and oxygen atoms in total. The predicted molar refractivity (Wildman–Crippen MR) is 74.4 cm³/mol. The number of aryl methyl sites for hydroxylation is 3. The molecule has 0 amide bonds. The van der Waals surface area contributed by atoms with Gasteiger partial charge in [-0.15, -0.1) is 0 Å². The van der Waals surface area contributed by atoms with Crippen molar-refractivity contribution < 1.29 is 4.42 Å². The lowest BCUT2D eigenvalue weighted by atomic mass is 10.1. The summed E-state index contributed by atoms with van der Waals surface area (Å²) in [5, 5.41) is 4.45. The number of furan rings is 1. The van der Waals surface area contributed by atoms with Crippen LogP contribution in [0.15, 0.2) is 22.6 Å². The van der Waals surface area contributed by atoms with E-state index in [0.29, 0.717) is 0 Å². The van der Waals surface area contributed by atoms with E-state index in [9.17, 15) is 0 Å². The Morgan fingerprint density at radius 1 is 1.37 bits per heavy atom. The van der Waals surface area contributed by atoms with Crippen LogP contribution in [0.4, 0.5) is 0 Å². The minimum Gasteiger partial charge on any atom is -0.464 e. The number of nitrogens with one attached hydrogen (secondary N) is 1. The van der Waals surface area contributed by atoms with Gasteiger partial charge in [0.2, 0.25) is 0 Å². The first kappa shape index (κ1) is 13.8. The summed E-state index contributed by atoms with van der Waals surface area (Å²) in [6.07, 6.45) is 2.59. The van der Waals surface area contributed by atoms with Gasteiger partial charge in [0.15, 0.2) is 0 Å². The van der Waals surface area contributed by atoms with Crippen LogP contribution in [0.5, 0.6) is 0 Å². The zero-order valence-electron chi connectivity index (χ0n) is 11.8. The Morgan fingerprint density at radius 3 is 2.68 bits per heavy atom. The van der Waals surface area contributed by atoms with E-state index in [0.717, 1.165) is 42.2 Å². The molecule has 0 saturated heterocycles. The van der Waals surface area contributed by atoms with Crippen molar-refractivity contribution in [2.24, 2.45) is 12.9 Å². The van der Waals surface area contributed by atoms with Crippen molar-refractivity contribution in [2.45, 2.75) is 39.2 Å². The summed E-state index contributed by atoms with van der Waals surface area (Å²) < 4.78 is 7.67. The maximum absolute atomic E-state index is 5.76. The van der Waals surface area contributed by atoms with Crippen molar-refractivity contribution in [3.63, 3.8) is 0 Å². The Morgan fingerprint density at radius 2 is 2.16 bits per heavy atom. The Labute approximate surface area is 113 Å². The number of nitrogens with zero attached hydrogens (tertiary/aromatic N) is 2. The molecule has 0 aromatic carbocycles. The smallest absolute Gasteiger partial charge is 0.122 e. The predicted octanol–water partition coefficient (Wildman–Crippen LogP) is 1.89. The van der Waals surface area contributed by atoms with E-state index >= 15 is 0 Å². The van der Waals surface area contributed by atoms with Gasteiger partial charge < -0.3 is 4.42 Å². The number of nitrogens with two attached hydrogens (primary N) is 1. The van der Waals surface area contributed by atoms with Gasteiger partial charge in [-0.1, -0.05) is 13.8 Å². The fraction of sp³-hybridized carbons (Fsp3) is 0.500. The summed E-state index contributed by atoms with van der Waals surface area (Å²) in [5.41, 5.74) is 5.07. The minimum atomic E-state index is -0.0274. The lowest BCUT2D eigenvalue weighted by Crippen LogP contribution is -2.29. The standard InChI is InChI=1S/C14H22N4O/c1-4-10-8-11(18(3)17-10)9-13(16-15)14-7-6-12(5-2)19-14/h6-8,13,16H,4-5,9,15H2,1-3H3. The molecule has 0 radical (unpaired) electrons. The van der Waals surface area contributed by atoms with E-state index in [1.807, 2.05) is 23.9 Å². The first-order chi connectivity index (χ1) is 9.17. The normalized spacial score (nSPS) is 12.8. The van der Waals surface area contributed by atoms with E-state index < -0.39 is 0 Å². The van der Waals surface area contributed by atoms with Gasteiger partial charge in [-0.3, -0.25) is 10.5 Å². The summed E-state index contributed by atoms with van der Waals surface area (Å²) in [7, 11) is 1.96. The highest BCUT2D eigenvalue weighted by Crippen LogP contribution is 2.21. The van der Waals surface area contributed by atoms with Gasteiger partial charge in [0.25, 0.3) is 0 Å². The highest BCUT2D eigenvalue weighted by Gasteiger charge is 2.17. The Balaban J connectivity index is 2.16. The van der Waals surface area contributed by atoms with Gasteiger partial charge in [0.05, 0.1) is 11.7 Å². The first-order valence-electron chi connectivity index (χ1n) is 6.74. The van der Waals surface area contributed by atoms with E-state index in [2.05, 4.69) is 30.4 Å². The molecule has 2 aromatic heterocycles. The summed E-state index contributed by atoms with van der Waals surface area (Å²) in [6, 6.07) is 6.08. The van der Waals surface area contributed by atoms with Gasteiger partial charge in [0, 0.05) is 25.6 Å². The van der Waals surface area contributed by atoms with Crippen LogP contribution >= 0.6 is 0 Å². The lowest BCUT2D eigenvalue weighted by molar-refractivity contribution is 0.391. The Bertz CT molecular complexity index is 529. The second kappa shape index (κ2) is 6.04. The number of hydrazine groups is 1. The summed E-state index contributed by atoms with van der Waals surface area (Å²) in [5.74, 6) is 7.51. The summed E-state index contributed by atoms with van der Waals surface area (Å²) in [6.45, 7) is 4.17. The van der Waals surface area contributed by atoms with Gasteiger partial charge in [-0.05, 0) is 24.6 Å². The maximum Gasteiger partial charge on any atom is 0.122 e. The van der Waals surface area contributed by atoms with Gasteiger partial charge in [0.1, 0.15) is 11.5 Å². The molecule has 2 rings (SSSR count). The third-order valence-corrected chi connectivity index (χ3v) is 3.38. The lowest BCUT2D eigenvalue weighted by Gasteiger charge is -2.13. The van der Waals surface area contributed by atoms with E-state index in [1.165, 1.54) is 0 Å². The number of hydrogen-bond donors (Lipinski definition) is 2. The third kappa shape index (κ3) is 3.05. The molecule has 5 heteroatoms. The average molecular weight is 262 g/mol. The highest BCUT2D eigenvalue weighted by atomic mass is 16.3. The maximum atomic E-state index is 5.76. The Hall–Kier alpha value is -1.59.